The first-order valence-corrected chi connectivity index (χ1v) is 7.93. The number of ether oxygens (including phenoxy) is 2. The highest BCUT2D eigenvalue weighted by Crippen LogP contribution is 2.25. The zero-order chi connectivity index (χ0) is 17.8. The van der Waals surface area contributed by atoms with Gasteiger partial charge in [-0.05, 0) is 24.3 Å². The first-order chi connectivity index (χ1) is 12.1. The second-order valence-electron chi connectivity index (χ2n) is 5.00. The van der Waals surface area contributed by atoms with E-state index in [9.17, 15) is 9.59 Å². The molecule has 0 atom stereocenters. The van der Waals surface area contributed by atoms with Gasteiger partial charge in [-0.25, -0.2) is 0 Å². The van der Waals surface area contributed by atoms with Crippen LogP contribution in [0.4, 0.5) is 5.69 Å². The van der Waals surface area contributed by atoms with Crippen LogP contribution in [0, 0.1) is 0 Å². The Balaban J connectivity index is 1.72. The van der Waals surface area contributed by atoms with Crippen LogP contribution in [0.25, 0.3) is 11.0 Å². The van der Waals surface area contributed by atoms with Crippen LogP contribution < -0.4 is 20.5 Å². The highest BCUT2D eigenvalue weighted by Gasteiger charge is 2.14. The molecule has 0 saturated heterocycles. The number of aromatic nitrogens is 2. The van der Waals surface area contributed by atoms with Gasteiger partial charge in [0.25, 0.3) is 11.8 Å². The Hall–Kier alpha value is -3.20. The van der Waals surface area contributed by atoms with E-state index in [1.54, 1.807) is 24.3 Å². The minimum absolute atomic E-state index is 0.166. The topological polar surface area (TPSA) is 116 Å². The third kappa shape index (κ3) is 3.66. The van der Waals surface area contributed by atoms with E-state index in [4.69, 9.17) is 15.2 Å². The van der Waals surface area contributed by atoms with E-state index >= 15 is 0 Å². The number of amides is 2. The zero-order valence-electron chi connectivity index (χ0n) is 13.2. The van der Waals surface area contributed by atoms with Gasteiger partial charge < -0.3 is 20.5 Å². The van der Waals surface area contributed by atoms with Crippen molar-refractivity contribution in [3.05, 3.63) is 42.0 Å². The molecule has 8 nitrogen and oxygen atoms in total. The summed E-state index contributed by atoms with van der Waals surface area (Å²) in [7, 11) is 1.48. The van der Waals surface area contributed by atoms with Crippen LogP contribution in [-0.4, -0.2) is 34.3 Å². The maximum atomic E-state index is 12.2. The number of methoxy groups -OCH3 is 1. The quantitative estimate of drug-likeness (QED) is 0.694. The molecule has 0 spiro atoms. The number of hydrogen-bond acceptors (Lipinski definition) is 7. The van der Waals surface area contributed by atoms with Gasteiger partial charge in [0, 0.05) is 6.07 Å². The Morgan fingerprint density at radius 2 is 2.08 bits per heavy atom. The third-order valence-electron chi connectivity index (χ3n) is 3.37. The Bertz CT molecular complexity index is 941. The molecule has 9 heteroatoms. The normalized spacial score (nSPS) is 10.4. The van der Waals surface area contributed by atoms with Gasteiger partial charge in [0.1, 0.15) is 22.5 Å². The van der Waals surface area contributed by atoms with Crippen LogP contribution in [0.2, 0.25) is 0 Å². The van der Waals surface area contributed by atoms with Crippen molar-refractivity contribution in [1.29, 1.82) is 0 Å². The fourth-order valence-corrected chi connectivity index (χ4v) is 2.74. The minimum atomic E-state index is -0.656. The minimum Gasteiger partial charge on any atom is -0.497 e. The Morgan fingerprint density at radius 3 is 2.84 bits per heavy atom. The Labute approximate surface area is 146 Å². The van der Waals surface area contributed by atoms with E-state index in [0.29, 0.717) is 22.5 Å². The molecule has 0 bridgehead atoms. The van der Waals surface area contributed by atoms with Crippen molar-refractivity contribution in [2.24, 2.45) is 5.73 Å². The van der Waals surface area contributed by atoms with Gasteiger partial charge in [0.15, 0.2) is 6.61 Å². The fourth-order valence-electron chi connectivity index (χ4n) is 2.19. The molecule has 3 rings (SSSR count). The summed E-state index contributed by atoms with van der Waals surface area (Å²) in [6.45, 7) is -0.304. The number of primary amides is 1. The van der Waals surface area contributed by atoms with Crippen LogP contribution in [0.3, 0.4) is 0 Å². The van der Waals surface area contributed by atoms with Crippen molar-refractivity contribution >= 4 is 40.3 Å². The van der Waals surface area contributed by atoms with Crippen molar-refractivity contribution in [2.75, 3.05) is 19.0 Å². The zero-order valence-corrected chi connectivity index (χ0v) is 14.0. The summed E-state index contributed by atoms with van der Waals surface area (Å²) in [4.78, 5) is 23.6. The number of rotatable bonds is 6. The van der Waals surface area contributed by atoms with E-state index in [1.807, 2.05) is 0 Å². The number of benzene rings is 2. The molecule has 1 heterocycles. The average molecular weight is 358 g/mol. The number of carbonyl (C=O) groups is 2. The van der Waals surface area contributed by atoms with Gasteiger partial charge in [-0.15, -0.1) is 0 Å². The predicted octanol–water partition coefficient (Wildman–Crippen LogP) is 1.82. The second kappa shape index (κ2) is 7.14. The Kier molecular flexibility index (Phi) is 4.75. The summed E-state index contributed by atoms with van der Waals surface area (Å²) in [5.41, 5.74) is 7.33. The largest absolute Gasteiger partial charge is 0.497 e. The molecule has 0 saturated carbocycles. The van der Waals surface area contributed by atoms with Gasteiger partial charge in [-0.3, -0.25) is 9.59 Å². The molecule has 0 unspecified atom stereocenters. The van der Waals surface area contributed by atoms with Crippen molar-refractivity contribution in [3.8, 4) is 11.5 Å². The molecule has 1 aromatic heterocycles. The van der Waals surface area contributed by atoms with Crippen LogP contribution in [0.5, 0.6) is 11.5 Å². The molecule has 128 valence electrons. The number of nitrogens with zero attached hydrogens (tertiary/aromatic N) is 2. The summed E-state index contributed by atoms with van der Waals surface area (Å²) in [6.07, 6.45) is 0. The van der Waals surface area contributed by atoms with Gasteiger partial charge in [0.05, 0.1) is 30.1 Å². The molecule has 0 aliphatic rings. The van der Waals surface area contributed by atoms with E-state index in [-0.39, 0.29) is 17.9 Å². The van der Waals surface area contributed by atoms with E-state index in [2.05, 4.69) is 14.1 Å². The van der Waals surface area contributed by atoms with Crippen molar-refractivity contribution < 1.29 is 19.1 Å². The summed E-state index contributed by atoms with van der Waals surface area (Å²) in [5.74, 6) is -0.399. The molecular weight excluding hydrogens is 344 g/mol. The number of carbonyl (C=O) groups excluding carboxylic acids is 2. The Morgan fingerprint density at radius 1 is 1.24 bits per heavy atom. The van der Waals surface area contributed by atoms with Gasteiger partial charge in [0.2, 0.25) is 0 Å². The number of nitrogens with one attached hydrogen (secondary N) is 1. The standard InChI is InChI=1S/C16H14N4O4S/c1-23-9-5-6-10(16(17)22)13(7-9)24-8-14(21)18-11-3-2-4-12-15(11)20-25-19-12/h2-7H,8H2,1H3,(H2,17,22)(H,18,21). The molecule has 0 radical (unpaired) electrons. The summed E-state index contributed by atoms with van der Waals surface area (Å²) in [5, 5.41) is 2.71. The molecule has 2 amide bonds. The lowest BCUT2D eigenvalue weighted by Gasteiger charge is -2.11. The first-order valence-electron chi connectivity index (χ1n) is 7.20. The fraction of sp³-hybridized carbons (Fsp3) is 0.125. The number of hydrogen-bond donors (Lipinski definition) is 2. The predicted molar refractivity (Wildman–Crippen MR) is 93.1 cm³/mol. The summed E-state index contributed by atoms with van der Waals surface area (Å²) in [6, 6.07) is 9.87. The van der Waals surface area contributed by atoms with E-state index in [1.165, 1.54) is 19.2 Å². The monoisotopic (exact) mass is 358 g/mol. The van der Waals surface area contributed by atoms with Gasteiger partial charge >= 0.3 is 0 Å². The number of nitrogens with two attached hydrogens (primary N) is 1. The smallest absolute Gasteiger partial charge is 0.262 e. The molecule has 0 aliphatic carbocycles. The second-order valence-corrected chi connectivity index (χ2v) is 5.53. The van der Waals surface area contributed by atoms with Crippen LogP contribution in [0.15, 0.2) is 36.4 Å². The molecule has 0 fully saturated rings. The maximum absolute atomic E-state index is 12.2. The SMILES string of the molecule is COc1ccc(C(N)=O)c(OCC(=O)Nc2cccc3nsnc23)c1. The maximum Gasteiger partial charge on any atom is 0.262 e. The molecule has 3 aromatic rings. The van der Waals surface area contributed by atoms with Crippen LogP contribution >= 0.6 is 11.7 Å². The third-order valence-corrected chi connectivity index (χ3v) is 3.92. The van der Waals surface area contributed by atoms with Crippen molar-refractivity contribution in [1.82, 2.24) is 8.75 Å². The highest BCUT2D eigenvalue weighted by molar-refractivity contribution is 7.00. The molecule has 3 N–H and O–H groups in total. The number of fused-ring (bicyclic) bond motifs is 1. The summed E-state index contributed by atoms with van der Waals surface area (Å²) >= 11 is 1.07. The van der Waals surface area contributed by atoms with E-state index in [0.717, 1.165) is 11.7 Å². The number of anilines is 1. The summed E-state index contributed by atoms with van der Waals surface area (Å²) < 4.78 is 18.8. The molecular formula is C16H14N4O4S. The highest BCUT2D eigenvalue weighted by atomic mass is 32.1. The van der Waals surface area contributed by atoms with E-state index < -0.39 is 11.8 Å². The van der Waals surface area contributed by atoms with Crippen LogP contribution in [-0.2, 0) is 4.79 Å². The lowest BCUT2D eigenvalue weighted by Crippen LogP contribution is -2.22. The average Bonchev–Trinajstić information content (AvgIpc) is 3.09. The lowest BCUT2D eigenvalue weighted by molar-refractivity contribution is -0.118. The lowest BCUT2D eigenvalue weighted by atomic mass is 10.2. The first kappa shape index (κ1) is 16.7. The van der Waals surface area contributed by atoms with Crippen LogP contribution in [0.1, 0.15) is 10.4 Å². The van der Waals surface area contributed by atoms with Gasteiger partial charge in [-0.1, -0.05) is 6.07 Å². The molecule has 25 heavy (non-hydrogen) atoms. The molecule has 2 aromatic carbocycles. The molecule has 0 aliphatic heterocycles. The van der Waals surface area contributed by atoms with Gasteiger partial charge in [-0.2, -0.15) is 8.75 Å². The van der Waals surface area contributed by atoms with Crippen molar-refractivity contribution in [2.45, 2.75) is 0 Å². The van der Waals surface area contributed by atoms with Crippen molar-refractivity contribution in [3.63, 3.8) is 0 Å².